The molecule has 1 aromatic heterocycles. The molecule has 1 aromatic carbocycles. The molecule has 0 spiro atoms. The number of morpholine rings is 1. The van der Waals surface area contributed by atoms with Gasteiger partial charge in [-0.3, -0.25) is 4.90 Å². The molecule has 0 saturated carbocycles. The fourth-order valence-electron chi connectivity index (χ4n) is 2.42. The zero-order valence-corrected chi connectivity index (χ0v) is 13.1. The van der Waals surface area contributed by atoms with Crippen molar-refractivity contribution in [3.8, 4) is 5.75 Å². The van der Waals surface area contributed by atoms with Gasteiger partial charge in [-0.05, 0) is 23.8 Å². The van der Waals surface area contributed by atoms with Gasteiger partial charge < -0.3 is 9.47 Å². The number of hydrogen-bond acceptors (Lipinski definition) is 7. The number of methoxy groups -OCH3 is 1. The molecule has 8 heteroatoms. The molecule has 2 heterocycles. The molecule has 0 unspecified atom stereocenters. The van der Waals surface area contributed by atoms with Crippen molar-refractivity contribution in [2.45, 2.75) is 6.54 Å². The summed E-state index contributed by atoms with van der Waals surface area (Å²) in [6, 6.07) is 6.02. The SMILES string of the molecule is COc1ccc(C=NNn2cncn2)cc1CN1CCOCC1. The van der Waals surface area contributed by atoms with E-state index in [4.69, 9.17) is 9.47 Å². The number of ether oxygens (including phenoxy) is 2. The predicted octanol–water partition coefficient (Wildman–Crippen LogP) is 0.697. The molecule has 3 rings (SSSR count). The molecule has 8 nitrogen and oxygen atoms in total. The maximum atomic E-state index is 5.46. The molecule has 1 saturated heterocycles. The van der Waals surface area contributed by atoms with E-state index in [1.807, 2.05) is 12.1 Å². The van der Waals surface area contributed by atoms with Crippen LogP contribution >= 0.6 is 0 Å². The minimum absolute atomic E-state index is 0.783. The molecule has 0 radical (unpaired) electrons. The van der Waals surface area contributed by atoms with E-state index in [0.29, 0.717) is 0 Å². The van der Waals surface area contributed by atoms with Gasteiger partial charge in [-0.2, -0.15) is 10.6 Å². The molecule has 122 valence electrons. The monoisotopic (exact) mass is 316 g/mol. The van der Waals surface area contributed by atoms with E-state index in [2.05, 4.69) is 31.7 Å². The van der Waals surface area contributed by atoms with Gasteiger partial charge in [0.2, 0.25) is 0 Å². The Bertz CT molecular complexity index is 637. The van der Waals surface area contributed by atoms with Crippen LogP contribution in [0.25, 0.3) is 0 Å². The lowest BCUT2D eigenvalue weighted by atomic mass is 10.1. The molecular formula is C15H20N6O2. The smallest absolute Gasteiger partial charge is 0.139 e. The van der Waals surface area contributed by atoms with Crippen LogP contribution in [0.4, 0.5) is 0 Å². The van der Waals surface area contributed by atoms with E-state index >= 15 is 0 Å². The highest BCUT2D eigenvalue weighted by Gasteiger charge is 2.13. The van der Waals surface area contributed by atoms with Crippen LogP contribution in [0.5, 0.6) is 5.75 Å². The Morgan fingerprint density at radius 1 is 1.39 bits per heavy atom. The maximum absolute atomic E-state index is 5.46. The third-order valence-electron chi connectivity index (χ3n) is 3.59. The average Bonchev–Trinajstić information content (AvgIpc) is 3.09. The fourth-order valence-corrected chi connectivity index (χ4v) is 2.42. The van der Waals surface area contributed by atoms with Crippen LogP contribution in [0.3, 0.4) is 0 Å². The van der Waals surface area contributed by atoms with Crippen LogP contribution in [0, 0.1) is 0 Å². The molecule has 1 N–H and O–H groups in total. The summed E-state index contributed by atoms with van der Waals surface area (Å²) in [7, 11) is 1.69. The number of hydrazone groups is 1. The lowest BCUT2D eigenvalue weighted by Gasteiger charge is -2.27. The Hall–Kier alpha value is -2.45. The van der Waals surface area contributed by atoms with Crippen molar-refractivity contribution in [3.05, 3.63) is 42.0 Å². The Morgan fingerprint density at radius 3 is 3.00 bits per heavy atom. The normalized spacial score (nSPS) is 15.9. The van der Waals surface area contributed by atoms with E-state index in [0.717, 1.165) is 49.7 Å². The van der Waals surface area contributed by atoms with Crippen molar-refractivity contribution in [1.82, 2.24) is 19.8 Å². The van der Waals surface area contributed by atoms with Crippen LogP contribution < -0.4 is 10.3 Å². The second-order valence-electron chi connectivity index (χ2n) is 5.16. The average molecular weight is 316 g/mol. The van der Waals surface area contributed by atoms with E-state index in [-0.39, 0.29) is 0 Å². The van der Waals surface area contributed by atoms with E-state index in [1.54, 1.807) is 13.3 Å². The highest BCUT2D eigenvalue weighted by Crippen LogP contribution is 2.21. The summed E-state index contributed by atoms with van der Waals surface area (Å²) in [4.78, 5) is 7.62. The van der Waals surface area contributed by atoms with Gasteiger partial charge in [-0.1, -0.05) is 0 Å². The number of rotatable bonds is 6. The van der Waals surface area contributed by atoms with E-state index in [9.17, 15) is 0 Å². The van der Waals surface area contributed by atoms with Gasteiger partial charge >= 0.3 is 0 Å². The molecule has 0 bridgehead atoms. The molecule has 2 aromatic rings. The van der Waals surface area contributed by atoms with Gasteiger partial charge in [-0.15, -0.1) is 9.89 Å². The van der Waals surface area contributed by atoms with Crippen LogP contribution in [0.2, 0.25) is 0 Å². The summed E-state index contributed by atoms with van der Waals surface area (Å²) in [6.45, 7) is 4.28. The number of hydrogen-bond donors (Lipinski definition) is 1. The minimum atomic E-state index is 0.783. The second kappa shape index (κ2) is 7.70. The molecule has 0 amide bonds. The summed E-state index contributed by atoms with van der Waals surface area (Å²) in [5.41, 5.74) is 4.88. The lowest BCUT2D eigenvalue weighted by Crippen LogP contribution is -2.35. The van der Waals surface area contributed by atoms with Crippen molar-refractivity contribution in [2.24, 2.45) is 5.10 Å². The number of nitrogens with zero attached hydrogens (tertiary/aromatic N) is 5. The first-order chi connectivity index (χ1) is 11.3. The second-order valence-corrected chi connectivity index (χ2v) is 5.16. The first-order valence-electron chi connectivity index (χ1n) is 7.46. The third-order valence-corrected chi connectivity index (χ3v) is 3.59. The van der Waals surface area contributed by atoms with Crippen molar-refractivity contribution in [2.75, 3.05) is 38.9 Å². The number of aromatic nitrogens is 3. The van der Waals surface area contributed by atoms with Gasteiger partial charge in [0.1, 0.15) is 18.4 Å². The van der Waals surface area contributed by atoms with Crippen molar-refractivity contribution in [1.29, 1.82) is 0 Å². The Labute approximate surface area is 134 Å². The largest absolute Gasteiger partial charge is 0.496 e. The summed E-state index contributed by atoms with van der Waals surface area (Å²) in [6.07, 6.45) is 4.72. The highest BCUT2D eigenvalue weighted by molar-refractivity contribution is 5.80. The van der Waals surface area contributed by atoms with Gasteiger partial charge in [0, 0.05) is 25.2 Å². The van der Waals surface area contributed by atoms with Crippen LogP contribution in [-0.2, 0) is 11.3 Å². The molecular weight excluding hydrogens is 296 g/mol. The summed E-state index contributed by atoms with van der Waals surface area (Å²) >= 11 is 0. The topological polar surface area (TPSA) is 76.8 Å². The summed E-state index contributed by atoms with van der Waals surface area (Å²) in [5.74, 6) is 0.887. The standard InChI is InChI=1S/C15H20N6O2/c1-22-15-3-2-13(9-17-19-21-12-16-11-18-21)8-14(15)10-20-4-6-23-7-5-20/h2-3,8-9,11-12,19H,4-7,10H2,1H3. The number of benzene rings is 1. The maximum Gasteiger partial charge on any atom is 0.139 e. The van der Waals surface area contributed by atoms with Gasteiger partial charge in [0.25, 0.3) is 0 Å². The zero-order valence-electron chi connectivity index (χ0n) is 13.1. The molecule has 23 heavy (non-hydrogen) atoms. The van der Waals surface area contributed by atoms with Crippen LogP contribution in [0.1, 0.15) is 11.1 Å². The quantitative estimate of drug-likeness (QED) is 0.624. The summed E-state index contributed by atoms with van der Waals surface area (Å²) < 4.78 is 10.9. The van der Waals surface area contributed by atoms with E-state index in [1.165, 1.54) is 17.4 Å². The first-order valence-corrected chi connectivity index (χ1v) is 7.46. The molecule has 1 aliphatic rings. The first kappa shape index (κ1) is 15.4. The van der Waals surface area contributed by atoms with Crippen molar-refractivity contribution >= 4 is 6.21 Å². The minimum Gasteiger partial charge on any atom is -0.496 e. The Morgan fingerprint density at radius 2 is 2.26 bits per heavy atom. The van der Waals surface area contributed by atoms with Gasteiger partial charge in [0.05, 0.1) is 26.5 Å². The third kappa shape index (κ3) is 4.27. The Kier molecular flexibility index (Phi) is 5.17. The summed E-state index contributed by atoms with van der Waals surface area (Å²) in [5, 5.41) is 8.05. The van der Waals surface area contributed by atoms with Crippen LogP contribution in [-0.4, -0.2) is 59.4 Å². The fraction of sp³-hybridized carbons (Fsp3) is 0.400. The predicted molar refractivity (Wildman–Crippen MR) is 86.1 cm³/mol. The van der Waals surface area contributed by atoms with Crippen molar-refractivity contribution in [3.63, 3.8) is 0 Å². The Balaban J connectivity index is 1.68. The molecule has 1 fully saturated rings. The van der Waals surface area contributed by atoms with Gasteiger partial charge in [0.15, 0.2) is 0 Å². The lowest BCUT2D eigenvalue weighted by molar-refractivity contribution is 0.0339. The molecule has 0 atom stereocenters. The van der Waals surface area contributed by atoms with E-state index < -0.39 is 0 Å². The number of nitrogens with one attached hydrogen (secondary N) is 1. The highest BCUT2D eigenvalue weighted by atomic mass is 16.5. The zero-order chi connectivity index (χ0) is 15.9. The van der Waals surface area contributed by atoms with Gasteiger partial charge in [-0.25, -0.2) is 4.98 Å². The molecule has 0 aliphatic carbocycles. The van der Waals surface area contributed by atoms with Crippen molar-refractivity contribution < 1.29 is 9.47 Å². The molecule has 1 aliphatic heterocycles. The van der Waals surface area contributed by atoms with Crippen LogP contribution in [0.15, 0.2) is 36.0 Å².